The van der Waals surface area contributed by atoms with Gasteiger partial charge in [0.1, 0.15) is 0 Å². The average Bonchev–Trinajstić information content (AvgIpc) is 2.55. The van der Waals surface area contributed by atoms with Gasteiger partial charge < -0.3 is 0 Å². The number of anilines is 1. The number of carbonyl (C=O) groups is 1. The number of carbonyl (C=O) groups excluding carboxylic acids is 1. The van der Waals surface area contributed by atoms with E-state index in [2.05, 4.69) is 4.94 Å². The summed E-state index contributed by atoms with van der Waals surface area (Å²) in [5, 5.41) is 0. The van der Waals surface area contributed by atoms with Gasteiger partial charge in [0.15, 0.2) is 0 Å². The molecule has 3 nitrogen and oxygen atoms in total. The molecule has 1 saturated heterocycles. The van der Waals surface area contributed by atoms with E-state index in [4.69, 9.17) is 4.74 Å². The van der Waals surface area contributed by atoms with E-state index in [0.29, 0.717) is 27.7 Å². The fourth-order valence-electron chi connectivity index (χ4n) is 1.02. The van der Waals surface area contributed by atoms with Crippen LogP contribution in [0.2, 0.25) is 0 Å². The summed E-state index contributed by atoms with van der Waals surface area (Å²) in [5.74, 6) is 0. The quantitative estimate of drug-likeness (QED) is 0.646. The van der Waals surface area contributed by atoms with Crippen molar-refractivity contribution in [1.29, 1.82) is 0 Å². The number of hydrogen-bond acceptors (Lipinski definition) is 2. The van der Waals surface area contributed by atoms with E-state index < -0.39 is 0 Å². The fraction of sp³-hybridized carbons (Fsp3) is 0.286. The summed E-state index contributed by atoms with van der Waals surface area (Å²) in [7, 11) is 0. The zero-order valence-electron chi connectivity index (χ0n) is 5.82. The SMILES string of the molecule is O=C1OCCN1c1ccc[se]1. The van der Waals surface area contributed by atoms with Crippen molar-refractivity contribution in [2.45, 2.75) is 0 Å². The van der Waals surface area contributed by atoms with Crippen LogP contribution < -0.4 is 4.90 Å². The molecule has 0 spiro atoms. The van der Waals surface area contributed by atoms with Gasteiger partial charge in [0.25, 0.3) is 0 Å². The van der Waals surface area contributed by atoms with E-state index in [-0.39, 0.29) is 6.09 Å². The van der Waals surface area contributed by atoms with Crippen molar-refractivity contribution in [3.63, 3.8) is 0 Å². The molecule has 1 aromatic heterocycles. The van der Waals surface area contributed by atoms with Gasteiger partial charge in [-0.15, -0.1) is 0 Å². The van der Waals surface area contributed by atoms with Gasteiger partial charge in [0, 0.05) is 0 Å². The van der Waals surface area contributed by atoms with Gasteiger partial charge in [0.2, 0.25) is 0 Å². The summed E-state index contributed by atoms with van der Waals surface area (Å²) in [6.45, 7) is 1.25. The molecule has 0 unspecified atom stereocenters. The van der Waals surface area contributed by atoms with Crippen LogP contribution in [0, 0.1) is 0 Å². The van der Waals surface area contributed by atoms with Gasteiger partial charge in [-0.1, -0.05) is 0 Å². The Morgan fingerprint density at radius 3 is 3.09 bits per heavy atom. The fourth-order valence-corrected chi connectivity index (χ4v) is 2.58. The second-order valence-corrected chi connectivity index (χ2v) is 4.16. The second kappa shape index (κ2) is 2.72. The molecule has 2 heterocycles. The van der Waals surface area contributed by atoms with Crippen LogP contribution in [0.4, 0.5) is 9.36 Å². The van der Waals surface area contributed by atoms with Crippen LogP contribution >= 0.6 is 0 Å². The molecule has 58 valence electrons. The van der Waals surface area contributed by atoms with Crippen molar-refractivity contribution < 1.29 is 9.53 Å². The van der Waals surface area contributed by atoms with Gasteiger partial charge in [-0.25, -0.2) is 0 Å². The third-order valence-corrected chi connectivity index (χ3v) is 3.40. The first kappa shape index (κ1) is 6.95. The normalized spacial score (nSPS) is 17.1. The van der Waals surface area contributed by atoms with E-state index in [9.17, 15) is 4.79 Å². The molecule has 4 heteroatoms. The maximum atomic E-state index is 11.0. The molecule has 1 aliphatic heterocycles. The summed E-state index contributed by atoms with van der Waals surface area (Å²) < 4.78 is 5.92. The molecule has 1 amide bonds. The number of amides is 1. The summed E-state index contributed by atoms with van der Waals surface area (Å²) in [4.78, 5) is 14.8. The predicted octanol–water partition coefficient (Wildman–Crippen LogP) is 0.700. The standard InChI is InChI=1S/C7H7NO2Se/c9-7-8(3-4-10-7)6-2-1-5-11-6/h1-2,5H,3-4H2. The minimum atomic E-state index is -0.193. The summed E-state index contributed by atoms with van der Waals surface area (Å²) in [6, 6.07) is 3.97. The first-order chi connectivity index (χ1) is 5.38. The Balaban J connectivity index is 2.23. The van der Waals surface area contributed by atoms with Crippen molar-refractivity contribution >= 4 is 25.2 Å². The van der Waals surface area contributed by atoms with Crippen molar-refractivity contribution in [2.24, 2.45) is 0 Å². The van der Waals surface area contributed by atoms with Gasteiger partial charge in [-0.2, -0.15) is 0 Å². The Kier molecular flexibility index (Phi) is 1.72. The van der Waals surface area contributed by atoms with E-state index in [1.54, 1.807) is 4.90 Å². The zero-order valence-corrected chi connectivity index (χ0v) is 7.53. The van der Waals surface area contributed by atoms with E-state index in [1.165, 1.54) is 0 Å². The van der Waals surface area contributed by atoms with Crippen molar-refractivity contribution in [3.05, 3.63) is 17.1 Å². The molecule has 0 atom stereocenters. The first-order valence-electron chi connectivity index (χ1n) is 3.36. The summed E-state index contributed by atoms with van der Waals surface area (Å²) in [6.07, 6.45) is -0.193. The van der Waals surface area contributed by atoms with Crippen molar-refractivity contribution in [3.8, 4) is 0 Å². The Morgan fingerprint density at radius 2 is 2.55 bits per heavy atom. The number of nitrogens with zero attached hydrogens (tertiary/aromatic N) is 1. The number of hydrogen-bond donors (Lipinski definition) is 0. The molecule has 0 aromatic carbocycles. The van der Waals surface area contributed by atoms with Gasteiger partial charge in [-0.3, -0.25) is 0 Å². The van der Waals surface area contributed by atoms with Gasteiger partial charge in [-0.05, 0) is 0 Å². The molecule has 1 aliphatic rings. The van der Waals surface area contributed by atoms with Crippen LogP contribution in [0.1, 0.15) is 0 Å². The van der Waals surface area contributed by atoms with Crippen LogP contribution in [-0.2, 0) is 4.74 Å². The Hall–Kier alpha value is -0.731. The summed E-state index contributed by atoms with van der Waals surface area (Å²) >= 11 is 0.337. The number of ether oxygens (including phenoxy) is 1. The monoisotopic (exact) mass is 217 g/mol. The van der Waals surface area contributed by atoms with Crippen LogP contribution in [0.5, 0.6) is 0 Å². The van der Waals surface area contributed by atoms with E-state index >= 15 is 0 Å². The predicted molar refractivity (Wildman–Crippen MR) is 42.1 cm³/mol. The Morgan fingerprint density at radius 1 is 1.64 bits per heavy atom. The van der Waals surface area contributed by atoms with Crippen LogP contribution in [0.15, 0.2) is 17.1 Å². The number of cyclic esters (lactones) is 1. The molecular formula is C7H7NO2Se. The molecule has 0 radical (unpaired) electrons. The molecule has 2 rings (SSSR count). The second-order valence-electron chi connectivity index (χ2n) is 2.22. The molecule has 0 N–H and O–H groups in total. The Labute approximate surface area is 70.3 Å². The van der Waals surface area contributed by atoms with Crippen LogP contribution in [-0.4, -0.2) is 33.7 Å². The molecule has 0 aliphatic carbocycles. The molecular weight excluding hydrogens is 209 g/mol. The van der Waals surface area contributed by atoms with Gasteiger partial charge >= 0.3 is 69.8 Å². The van der Waals surface area contributed by atoms with Crippen LogP contribution in [0.3, 0.4) is 0 Å². The van der Waals surface area contributed by atoms with E-state index in [0.717, 1.165) is 4.56 Å². The molecule has 1 fully saturated rings. The maximum absolute atomic E-state index is 11.0. The van der Waals surface area contributed by atoms with Gasteiger partial charge in [0.05, 0.1) is 0 Å². The first-order valence-corrected chi connectivity index (χ1v) is 5.20. The third kappa shape index (κ3) is 1.19. The van der Waals surface area contributed by atoms with Crippen molar-refractivity contribution in [2.75, 3.05) is 18.1 Å². The molecule has 11 heavy (non-hydrogen) atoms. The molecule has 1 aromatic rings. The van der Waals surface area contributed by atoms with E-state index in [1.807, 2.05) is 12.1 Å². The minimum absolute atomic E-state index is 0.193. The number of rotatable bonds is 1. The third-order valence-electron chi connectivity index (χ3n) is 1.53. The molecule has 0 saturated carbocycles. The van der Waals surface area contributed by atoms with Crippen molar-refractivity contribution in [1.82, 2.24) is 0 Å². The summed E-state index contributed by atoms with van der Waals surface area (Å²) in [5.41, 5.74) is 0. The molecule has 0 bridgehead atoms. The average molecular weight is 216 g/mol. The Bertz CT molecular complexity index is 257. The zero-order chi connectivity index (χ0) is 7.68. The van der Waals surface area contributed by atoms with Crippen LogP contribution in [0.25, 0.3) is 0 Å². The topological polar surface area (TPSA) is 29.5 Å².